The molecule has 0 atom stereocenters. The van der Waals surface area contributed by atoms with Crippen LogP contribution in [0.2, 0.25) is 0 Å². The van der Waals surface area contributed by atoms with E-state index in [9.17, 15) is 4.79 Å². The zero-order valence-electron chi connectivity index (χ0n) is 9.31. The van der Waals surface area contributed by atoms with Crippen LogP contribution in [-0.4, -0.2) is 22.7 Å². The molecule has 0 aliphatic heterocycles. The molecule has 2 aromatic rings. The predicted molar refractivity (Wildman–Crippen MR) is 76.1 cm³/mol. The second-order valence-corrected chi connectivity index (χ2v) is 5.37. The molecule has 1 aromatic carbocycles. The quantitative estimate of drug-likeness (QED) is 0.561. The molecule has 0 saturated carbocycles. The number of aromatic nitrogens is 2. The van der Waals surface area contributed by atoms with Gasteiger partial charge in [0.05, 0.1) is 12.2 Å². The smallest absolute Gasteiger partial charge is 0.379 e. The highest BCUT2D eigenvalue weighted by atomic mass is 127. The molecular formula is C11H8BrIN2O3. The fourth-order valence-corrected chi connectivity index (χ4v) is 2.18. The van der Waals surface area contributed by atoms with E-state index in [1.165, 1.54) is 0 Å². The van der Waals surface area contributed by atoms with E-state index in [1.54, 1.807) is 6.92 Å². The molecule has 0 fully saturated rings. The topological polar surface area (TPSA) is 65.2 Å². The van der Waals surface area contributed by atoms with E-state index in [0.29, 0.717) is 0 Å². The standard InChI is InChI=1S/C11H8BrIN2O3/c1-2-17-11(16)9-14-10(18-15-9)7-5-6(13)3-4-8(7)12/h3-5H,2H2,1H3. The van der Waals surface area contributed by atoms with Gasteiger partial charge in [0.1, 0.15) is 0 Å². The number of nitrogens with zero attached hydrogens (tertiary/aromatic N) is 2. The fraction of sp³-hybridized carbons (Fsp3) is 0.182. The summed E-state index contributed by atoms with van der Waals surface area (Å²) >= 11 is 5.58. The van der Waals surface area contributed by atoms with E-state index in [1.807, 2.05) is 18.2 Å². The minimum atomic E-state index is -0.589. The molecule has 1 aromatic heterocycles. The molecule has 0 radical (unpaired) electrons. The van der Waals surface area contributed by atoms with Crippen molar-refractivity contribution in [1.82, 2.24) is 10.1 Å². The lowest BCUT2D eigenvalue weighted by atomic mass is 10.2. The second-order valence-electron chi connectivity index (χ2n) is 3.27. The van der Waals surface area contributed by atoms with Gasteiger partial charge in [0.15, 0.2) is 0 Å². The first-order chi connectivity index (χ1) is 8.61. The fourth-order valence-electron chi connectivity index (χ4n) is 1.27. The van der Waals surface area contributed by atoms with Gasteiger partial charge in [-0.05, 0) is 68.8 Å². The van der Waals surface area contributed by atoms with Crippen molar-refractivity contribution in [2.24, 2.45) is 0 Å². The Kier molecular flexibility index (Phi) is 4.33. The molecular weight excluding hydrogens is 415 g/mol. The van der Waals surface area contributed by atoms with Crippen LogP contribution in [0.4, 0.5) is 0 Å². The van der Waals surface area contributed by atoms with E-state index >= 15 is 0 Å². The van der Waals surface area contributed by atoms with Crippen LogP contribution in [0.3, 0.4) is 0 Å². The molecule has 5 nitrogen and oxygen atoms in total. The summed E-state index contributed by atoms with van der Waals surface area (Å²) in [6, 6.07) is 5.70. The number of carbonyl (C=O) groups excluding carboxylic acids is 1. The van der Waals surface area contributed by atoms with Crippen molar-refractivity contribution >= 4 is 44.5 Å². The van der Waals surface area contributed by atoms with Gasteiger partial charge in [0.25, 0.3) is 11.7 Å². The molecule has 7 heteroatoms. The van der Waals surface area contributed by atoms with Crippen LogP contribution in [0.1, 0.15) is 17.5 Å². The van der Waals surface area contributed by atoms with Gasteiger partial charge in [-0.1, -0.05) is 0 Å². The summed E-state index contributed by atoms with van der Waals surface area (Å²) < 4.78 is 11.7. The van der Waals surface area contributed by atoms with Crippen LogP contribution < -0.4 is 0 Å². The van der Waals surface area contributed by atoms with Gasteiger partial charge in [-0.2, -0.15) is 4.98 Å². The largest absolute Gasteiger partial charge is 0.460 e. The minimum Gasteiger partial charge on any atom is -0.460 e. The number of ether oxygens (including phenoxy) is 1. The maximum Gasteiger partial charge on any atom is 0.379 e. The van der Waals surface area contributed by atoms with E-state index < -0.39 is 5.97 Å². The van der Waals surface area contributed by atoms with Crippen LogP contribution in [0.25, 0.3) is 11.5 Å². The Balaban J connectivity index is 2.35. The van der Waals surface area contributed by atoms with Crippen molar-refractivity contribution in [3.63, 3.8) is 0 Å². The molecule has 2 rings (SSSR count). The summed E-state index contributed by atoms with van der Waals surface area (Å²) in [6.45, 7) is 1.99. The van der Waals surface area contributed by atoms with Crippen LogP contribution in [-0.2, 0) is 4.74 Å². The summed E-state index contributed by atoms with van der Waals surface area (Å²) in [5.41, 5.74) is 0.741. The van der Waals surface area contributed by atoms with Crippen molar-refractivity contribution < 1.29 is 14.1 Å². The highest BCUT2D eigenvalue weighted by molar-refractivity contribution is 14.1. The van der Waals surface area contributed by atoms with Gasteiger partial charge >= 0.3 is 5.97 Å². The normalized spacial score (nSPS) is 10.4. The van der Waals surface area contributed by atoms with Gasteiger partial charge in [0.2, 0.25) is 0 Å². The Morgan fingerprint density at radius 3 is 3.06 bits per heavy atom. The third-order valence-corrected chi connectivity index (χ3v) is 3.41. The zero-order chi connectivity index (χ0) is 13.1. The monoisotopic (exact) mass is 422 g/mol. The maximum atomic E-state index is 11.4. The number of carbonyl (C=O) groups is 1. The molecule has 0 spiro atoms. The summed E-state index contributed by atoms with van der Waals surface area (Å²) in [6.07, 6.45) is 0. The number of rotatable bonds is 3. The first-order valence-electron chi connectivity index (χ1n) is 5.08. The summed E-state index contributed by atoms with van der Waals surface area (Å²) in [4.78, 5) is 15.4. The molecule has 0 amide bonds. The lowest BCUT2D eigenvalue weighted by Gasteiger charge is -1.99. The molecule has 0 saturated heterocycles. The number of hydrogen-bond donors (Lipinski definition) is 0. The Hall–Kier alpha value is -0.960. The predicted octanol–water partition coefficient (Wildman–Crippen LogP) is 3.28. The van der Waals surface area contributed by atoms with E-state index in [-0.39, 0.29) is 18.3 Å². The summed E-state index contributed by atoms with van der Waals surface area (Å²) in [5, 5.41) is 3.60. The maximum absolute atomic E-state index is 11.4. The van der Waals surface area contributed by atoms with E-state index in [4.69, 9.17) is 9.26 Å². The summed E-state index contributed by atoms with van der Waals surface area (Å²) in [5.74, 6) is -0.379. The molecule has 0 aliphatic carbocycles. The number of esters is 1. The second kappa shape index (κ2) is 5.79. The first kappa shape index (κ1) is 13.5. The number of halogens is 2. The molecule has 0 aliphatic rings. The van der Waals surface area contributed by atoms with Gasteiger partial charge in [0, 0.05) is 8.04 Å². The Bertz CT molecular complexity index is 585. The lowest BCUT2D eigenvalue weighted by Crippen LogP contribution is -2.06. The highest BCUT2D eigenvalue weighted by Gasteiger charge is 2.18. The average molecular weight is 423 g/mol. The SMILES string of the molecule is CCOC(=O)c1noc(-c2cc(I)ccc2Br)n1. The molecule has 0 bridgehead atoms. The van der Waals surface area contributed by atoms with Gasteiger partial charge in [-0.3, -0.25) is 0 Å². The molecule has 94 valence electrons. The molecule has 0 N–H and O–H groups in total. The Morgan fingerprint density at radius 1 is 1.56 bits per heavy atom. The van der Waals surface area contributed by atoms with Crippen molar-refractivity contribution in [2.75, 3.05) is 6.61 Å². The third-order valence-electron chi connectivity index (χ3n) is 2.04. The van der Waals surface area contributed by atoms with Crippen molar-refractivity contribution in [3.8, 4) is 11.5 Å². The zero-order valence-corrected chi connectivity index (χ0v) is 13.1. The van der Waals surface area contributed by atoms with Crippen molar-refractivity contribution in [1.29, 1.82) is 0 Å². The van der Waals surface area contributed by atoms with Crippen molar-refractivity contribution in [2.45, 2.75) is 6.92 Å². The van der Waals surface area contributed by atoms with Crippen molar-refractivity contribution in [3.05, 3.63) is 32.1 Å². The number of hydrogen-bond acceptors (Lipinski definition) is 5. The van der Waals surface area contributed by atoms with E-state index in [2.05, 4.69) is 48.7 Å². The first-order valence-corrected chi connectivity index (χ1v) is 6.95. The summed E-state index contributed by atoms with van der Waals surface area (Å²) in [7, 11) is 0. The average Bonchev–Trinajstić information content (AvgIpc) is 2.82. The van der Waals surface area contributed by atoms with Crippen LogP contribution >= 0.6 is 38.5 Å². The van der Waals surface area contributed by atoms with Crippen LogP contribution in [0, 0.1) is 3.57 Å². The van der Waals surface area contributed by atoms with Gasteiger partial charge in [-0.15, -0.1) is 0 Å². The highest BCUT2D eigenvalue weighted by Crippen LogP contribution is 2.28. The van der Waals surface area contributed by atoms with Gasteiger partial charge in [-0.25, -0.2) is 4.79 Å². The van der Waals surface area contributed by atoms with Gasteiger partial charge < -0.3 is 9.26 Å². The lowest BCUT2D eigenvalue weighted by molar-refractivity contribution is 0.0508. The Labute approximate surface area is 125 Å². The number of benzene rings is 1. The Morgan fingerprint density at radius 2 is 2.33 bits per heavy atom. The molecule has 18 heavy (non-hydrogen) atoms. The third kappa shape index (κ3) is 2.89. The van der Waals surface area contributed by atoms with E-state index in [0.717, 1.165) is 13.6 Å². The minimum absolute atomic E-state index is 0.0717. The molecule has 1 heterocycles. The molecule has 0 unspecified atom stereocenters. The van der Waals surface area contributed by atoms with Crippen LogP contribution in [0.5, 0.6) is 0 Å². The van der Waals surface area contributed by atoms with Crippen LogP contribution in [0.15, 0.2) is 27.2 Å².